The quantitative estimate of drug-likeness (QED) is 0.465. The number of rotatable bonds is 6. The highest BCUT2D eigenvalue weighted by Gasteiger charge is 2.18. The molecule has 0 saturated heterocycles. The second-order valence-electron chi connectivity index (χ2n) is 7.32. The minimum atomic E-state index is -0.687. The Balaban J connectivity index is 1.71. The molecule has 33 heavy (non-hydrogen) atoms. The summed E-state index contributed by atoms with van der Waals surface area (Å²) in [6, 6.07) is 10.2. The maximum absolute atomic E-state index is 13.2. The molecule has 4 rings (SSSR count). The van der Waals surface area contributed by atoms with Gasteiger partial charge in [0.15, 0.2) is 5.52 Å². The first-order valence-corrected chi connectivity index (χ1v) is 10.2. The van der Waals surface area contributed by atoms with Crippen LogP contribution in [0.1, 0.15) is 5.56 Å². The van der Waals surface area contributed by atoms with E-state index in [0.717, 1.165) is 4.57 Å². The van der Waals surface area contributed by atoms with Gasteiger partial charge in [-0.05, 0) is 35.9 Å². The first kappa shape index (κ1) is 22.3. The van der Waals surface area contributed by atoms with Crippen LogP contribution < -0.4 is 21.3 Å². The van der Waals surface area contributed by atoms with E-state index < -0.39 is 23.0 Å². The highest BCUT2D eigenvalue weighted by Crippen LogP contribution is 2.27. The molecule has 0 bridgehead atoms. The van der Waals surface area contributed by atoms with Gasteiger partial charge in [0.05, 0.1) is 24.2 Å². The fourth-order valence-corrected chi connectivity index (χ4v) is 3.70. The molecule has 1 amide bonds. The second-order valence-corrected chi connectivity index (χ2v) is 7.73. The molecule has 0 atom stereocenters. The summed E-state index contributed by atoms with van der Waals surface area (Å²) in [5, 5.41) is 7.14. The Hall–Kier alpha value is -3.92. The molecule has 0 aliphatic carbocycles. The summed E-state index contributed by atoms with van der Waals surface area (Å²) in [4.78, 5) is 38.9. The smallest absolute Gasteiger partial charge is 0.332 e. The lowest BCUT2D eigenvalue weighted by molar-refractivity contribution is -0.116. The van der Waals surface area contributed by atoms with Gasteiger partial charge >= 0.3 is 5.69 Å². The summed E-state index contributed by atoms with van der Waals surface area (Å²) in [6.07, 6.45) is 1.50. The average Bonchev–Trinajstić information content (AvgIpc) is 3.17. The highest BCUT2D eigenvalue weighted by molar-refractivity contribution is 6.32. The van der Waals surface area contributed by atoms with Crippen molar-refractivity contribution < 1.29 is 13.9 Å². The third-order valence-electron chi connectivity index (χ3n) is 5.00. The summed E-state index contributed by atoms with van der Waals surface area (Å²) >= 11 is 6.10. The topological polar surface area (TPSA) is 100 Å². The van der Waals surface area contributed by atoms with Crippen molar-refractivity contribution in [3.8, 4) is 5.75 Å². The third-order valence-corrected chi connectivity index (χ3v) is 5.30. The van der Waals surface area contributed by atoms with Crippen molar-refractivity contribution in [3.05, 3.63) is 85.9 Å². The van der Waals surface area contributed by atoms with E-state index in [2.05, 4.69) is 10.4 Å². The third kappa shape index (κ3) is 4.51. The van der Waals surface area contributed by atoms with Crippen LogP contribution in [0.4, 0.5) is 10.1 Å². The van der Waals surface area contributed by atoms with E-state index in [0.29, 0.717) is 22.0 Å². The lowest BCUT2D eigenvalue weighted by Crippen LogP contribution is -2.41. The average molecular weight is 472 g/mol. The van der Waals surface area contributed by atoms with Gasteiger partial charge in [0, 0.05) is 18.9 Å². The van der Waals surface area contributed by atoms with Gasteiger partial charge < -0.3 is 10.1 Å². The molecular weight excluding hydrogens is 453 g/mol. The van der Waals surface area contributed by atoms with Crippen molar-refractivity contribution in [2.45, 2.75) is 13.1 Å². The van der Waals surface area contributed by atoms with E-state index >= 15 is 0 Å². The van der Waals surface area contributed by atoms with Gasteiger partial charge in [-0.1, -0.05) is 23.7 Å². The normalized spacial score (nSPS) is 11.0. The Labute approximate surface area is 191 Å². The lowest BCUT2D eigenvalue weighted by atomic mass is 10.2. The fraction of sp³-hybridized carbons (Fsp3) is 0.182. The van der Waals surface area contributed by atoms with Crippen LogP contribution in [0.25, 0.3) is 11.0 Å². The van der Waals surface area contributed by atoms with Crippen LogP contribution in [-0.4, -0.2) is 31.9 Å². The summed E-state index contributed by atoms with van der Waals surface area (Å²) in [7, 11) is 3.09. The van der Waals surface area contributed by atoms with Crippen molar-refractivity contribution in [2.24, 2.45) is 7.05 Å². The number of carbonyl (C=O) groups is 1. The van der Waals surface area contributed by atoms with E-state index in [-0.39, 0.29) is 24.1 Å². The maximum Gasteiger partial charge on any atom is 0.332 e. The van der Waals surface area contributed by atoms with E-state index in [1.54, 1.807) is 19.2 Å². The number of nitrogens with one attached hydrogen (secondary N) is 1. The molecule has 11 heteroatoms. The Kier molecular flexibility index (Phi) is 6.01. The number of amides is 1. The van der Waals surface area contributed by atoms with Gasteiger partial charge in [-0.25, -0.2) is 9.18 Å². The van der Waals surface area contributed by atoms with Crippen molar-refractivity contribution in [2.75, 3.05) is 12.4 Å². The summed E-state index contributed by atoms with van der Waals surface area (Å²) in [6.45, 7) is -0.464. The number of methoxy groups -OCH3 is 1. The fourth-order valence-electron chi connectivity index (χ4n) is 3.44. The van der Waals surface area contributed by atoms with E-state index in [1.807, 2.05) is 0 Å². The Morgan fingerprint density at radius 2 is 1.88 bits per heavy atom. The van der Waals surface area contributed by atoms with Crippen molar-refractivity contribution in [1.29, 1.82) is 0 Å². The molecule has 4 aromatic rings. The molecule has 0 spiro atoms. The number of anilines is 1. The molecule has 0 saturated carbocycles. The first-order valence-electron chi connectivity index (χ1n) is 9.81. The molecule has 0 unspecified atom stereocenters. The Morgan fingerprint density at radius 3 is 2.55 bits per heavy atom. The zero-order chi connectivity index (χ0) is 23.7. The van der Waals surface area contributed by atoms with E-state index in [9.17, 15) is 18.8 Å². The standard InChI is InChI=1S/C22H19ClFN5O4/c1-27-11-17-20(26-27)21(31)29(10-13-3-5-14(24)6-4-13)22(32)28(17)12-19(30)25-15-7-8-18(33-2)16(23)9-15/h3-9,11H,10,12H2,1-2H3,(H,25,30). The molecular formula is C22H19ClFN5O4. The number of hydrogen-bond acceptors (Lipinski definition) is 5. The van der Waals surface area contributed by atoms with Crippen LogP contribution >= 0.6 is 11.6 Å². The largest absolute Gasteiger partial charge is 0.495 e. The van der Waals surface area contributed by atoms with Crippen molar-refractivity contribution in [3.63, 3.8) is 0 Å². The number of aryl methyl sites for hydroxylation is 1. The first-order chi connectivity index (χ1) is 15.8. The predicted octanol–water partition coefficient (Wildman–Crippen LogP) is 2.38. The lowest BCUT2D eigenvalue weighted by Gasteiger charge is -2.12. The molecule has 2 heterocycles. The van der Waals surface area contributed by atoms with Crippen LogP contribution in [0.3, 0.4) is 0 Å². The predicted molar refractivity (Wildman–Crippen MR) is 121 cm³/mol. The number of carbonyl (C=O) groups excluding carboxylic acids is 1. The molecule has 2 aromatic heterocycles. The zero-order valence-corrected chi connectivity index (χ0v) is 18.5. The van der Waals surface area contributed by atoms with Crippen LogP contribution in [0, 0.1) is 5.82 Å². The van der Waals surface area contributed by atoms with Gasteiger partial charge in [0.1, 0.15) is 18.1 Å². The molecule has 9 nitrogen and oxygen atoms in total. The van der Waals surface area contributed by atoms with Crippen molar-refractivity contribution >= 4 is 34.2 Å². The molecule has 0 aliphatic rings. The number of fused-ring (bicyclic) bond motifs is 1. The number of halogens is 2. The molecule has 2 aromatic carbocycles. The number of ether oxygens (including phenoxy) is 1. The Bertz CT molecular complexity index is 1470. The molecule has 0 radical (unpaired) electrons. The van der Waals surface area contributed by atoms with Gasteiger partial charge in [-0.3, -0.25) is 23.4 Å². The second kappa shape index (κ2) is 8.91. The van der Waals surface area contributed by atoms with Crippen LogP contribution in [0.15, 0.2) is 58.3 Å². The van der Waals surface area contributed by atoms with Gasteiger partial charge in [0.25, 0.3) is 5.56 Å². The van der Waals surface area contributed by atoms with Gasteiger partial charge in [-0.15, -0.1) is 0 Å². The number of aromatic nitrogens is 4. The van der Waals surface area contributed by atoms with Crippen LogP contribution in [0.2, 0.25) is 5.02 Å². The minimum Gasteiger partial charge on any atom is -0.495 e. The number of benzene rings is 2. The van der Waals surface area contributed by atoms with Crippen LogP contribution in [-0.2, 0) is 24.9 Å². The summed E-state index contributed by atoms with van der Waals surface area (Å²) in [5.41, 5.74) is -0.0489. The monoisotopic (exact) mass is 471 g/mol. The SMILES string of the molecule is COc1ccc(NC(=O)Cn2c(=O)n(Cc3ccc(F)cc3)c(=O)c3nn(C)cc32)cc1Cl. The molecule has 1 N–H and O–H groups in total. The number of nitrogens with zero attached hydrogens (tertiary/aromatic N) is 4. The molecule has 0 fully saturated rings. The zero-order valence-electron chi connectivity index (χ0n) is 17.7. The van der Waals surface area contributed by atoms with Gasteiger partial charge in [0.2, 0.25) is 5.91 Å². The highest BCUT2D eigenvalue weighted by atomic mass is 35.5. The minimum absolute atomic E-state index is 0.0412. The Morgan fingerprint density at radius 1 is 1.15 bits per heavy atom. The van der Waals surface area contributed by atoms with Crippen LogP contribution in [0.5, 0.6) is 5.75 Å². The molecule has 0 aliphatic heterocycles. The summed E-state index contributed by atoms with van der Waals surface area (Å²) < 4.78 is 21.9. The van der Waals surface area contributed by atoms with Gasteiger partial charge in [-0.2, -0.15) is 5.10 Å². The molecule has 170 valence electrons. The number of hydrogen-bond donors (Lipinski definition) is 1. The summed E-state index contributed by atoms with van der Waals surface area (Å²) in [5.74, 6) is -0.481. The van der Waals surface area contributed by atoms with Crippen molar-refractivity contribution in [1.82, 2.24) is 18.9 Å². The van der Waals surface area contributed by atoms with E-state index in [4.69, 9.17) is 16.3 Å². The maximum atomic E-state index is 13.2. The van der Waals surface area contributed by atoms with E-state index in [1.165, 1.54) is 52.9 Å².